The predicted molar refractivity (Wildman–Crippen MR) is 90.1 cm³/mol. The van der Waals surface area contributed by atoms with Crippen LogP contribution in [0.5, 0.6) is 5.75 Å². The molecule has 3 rings (SSSR count). The molecule has 24 heavy (non-hydrogen) atoms. The van der Waals surface area contributed by atoms with Crippen molar-refractivity contribution in [2.45, 2.75) is 39.4 Å². The molecule has 0 spiro atoms. The number of para-hydroxylation sites is 1. The molecule has 6 nitrogen and oxygen atoms in total. The Kier molecular flexibility index (Phi) is 4.57. The average Bonchev–Trinajstić information content (AvgIpc) is 2.79. The average molecular weight is 329 g/mol. The van der Waals surface area contributed by atoms with E-state index in [1.54, 1.807) is 0 Å². The zero-order valence-corrected chi connectivity index (χ0v) is 14.3. The van der Waals surface area contributed by atoms with E-state index in [2.05, 4.69) is 18.9 Å². The molecule has 0 saturated carbocycles. The van der Waals surface area contributed by atoms with Gasteiger partial charge in [0.15, 0.2) is 0 Å². The van der Waals surface area contributed by atoms with Crippen molar-refractivity contribution in [2.24, 2.45) is 0 Å². The predicted octanol–water partition coefficient (Wildman–Crippen LogP) is 2.79. The molecule has 128 valence electrons. The molecular formula is C18H23N3O3. The Morgan fingerprint density at radius 2 is 2.17 bits per heavy atom. The summed E-state index contributed by atoms with van der Waals surface area (Å²) < 4.78 is 7.66. The van der Waals surface area contributed by atoms with Crippen molar-refractivity contribution in [2.75, 3.05) is 13.2 Å². The van der Waals surface area contributed by atoms with Gasteiger partial charge in [-0.2, -0.15) is 5.10 Å². The number of carbonyl (C=O) groups is 1. The topological polar surface area (TPSA) is 67.6 Å². The first-order chi connectivity index (χ1) is 11.5. The maximum atomic E-state index is 12.0. The van der Waals surface area contributed by atoms with E-state index in [-0.39, 0.29) is 6.04 Å². The van der Waals surface area contributed by atoms with Crippen molar-refractivity contribution >= 4 is 5.97 Å². The first-order valence-corrected chi connectivity index (χ1v) is 8.20. The smallest absolute Gasteiger partial charge is 0.325 e. The number of aryl methyl sites for hydroxylation is 1. The summed E-state index contributed by atoms with van der Waals surface area (Å²) in [6.07, 6.45) is 2.01. The summed E-state index contributed by atoms with van der Waals surface area (Å²) in [6, 6.07) is 6.94. The molecule has 1 unspecified atom stereocenters. The van der Waals surface area contributed by atoms with E-state index in [4.69, 9.17) is 4.74 Å². The lowest BCUT2D eigenvalue weighted by Crippen LogP contribution is -2.34. The van der Waals surface area contributed by atoms with Crippen LogP contribution in [0.2, 0.25) is 0 Å². The number of aromatic nitrogens is 2. The van der Waals surface area contributed by atoms with Crippen molar-refractivity contribution in [3.8, 4) is 5.75 Å². The third-order valence-corrected chi connectivity index (χ3v) is 4.37. The second kappa shape index (κ2) is 6.65. The molecule has 1 N–H and O–H groups in total. The number of fused-ring (bicyclic) bond motifs is 1. The van der Waals surface area contributed by atoms with E-state index >= 15 is 0 Å². The second-order valence-electron chi connectivity index (χ2n) is 6.41. The third kappa shape index (κ3) is 3.14. The zero-order chi connectivity index (χ0) is 17.3. The number of rotatable bonds is 4. The van der Waals surface area contributed by atoms with Crippen LogP contribution >= 0.6 is 0 Å². The van der Waals surface area contributed by atoms with E-state index in [9.17, 15) is 9.90 Å². The van der Waals surface area contributed by atoms with E-state index in [0.29, 0.717) is 31.0 Å². The van der Waals surface area contributed by atoms with Gasteiger partial charge in [-0.3, -0.25) is 14.4 Å². The number of hydrogen-bond acceptors (Lipinski definition) is 4. The summed E-state index contributed by atoms with van der Waals surface area (Å²) >= 11 is 0. The first-order valence-electron chi connectivity index (χ1n) is 8.20. The minimum absolute atomic E-state index is 0.279. The van der Waals surface area contributed by atoms with Crippen LogP contribution in [-0.4, -0.2) is 38.9 Å². The molecule has 0 saturated heterocycles. The number of hydrogen-bond donors (Lipinski definition) is 1. The standard InChI is InChI=1S/C18H23N3O3/c1-12(2)21-11-14(13(3)19-21)10-20-8-9-24-16-7-5-4-6-15(16)17(20)18(22)23/h4-7,11-12,17H,8-10H2,1-3H3,(H,22,23). The van der Waals surface area contributed by atoms with Crippen LogP contribution in [0.4, 0.5) is 0 Å². The summed E-state index contributed by atoms with van der Waals surface area (Å²) in [4.78, 5) is 13.9. The van der Waals surface area contributed by atoms with Crippen molar-refractivity contribution in [3.05, 3.63) is 47.3 Å². The molecule has 0 amide bonds. The van der Waals surface area contributed by atoms with Crippen LogP contribution < -0.4 is 4.74 Å². The van der Waals surface area contributed by atoms with Gasteiger partial charge in [0.05, 0.1) is 5.69 Å². The number of aliphatic carboxylic acids is 1. The van der Waals surface area contributed by atoms with Gasteiger partial charge < -0.3 is 9.84 Å². The molecule has 2 heterocycles. The zero-order valence-electron chi connectivity index (χ0n) is 14.3. The van der Waals surface area contributed by atoms with Gasteiger partial charge in [0.25, 0.3) is 0 Å². The van der Waals surface area contributed by atoms with Gasteiger partial charge in [0.1, 0.15) is 18.4 Å². The fraction of sp³-hybridized carbons (Fsp3) is 0.444. The molecule has 0 bridgehead atoms. The van der Waals surface area contributed by atoms with Crippen molar-refractivity contribution < 1.29 is 14.6 Å². The molecule has 1 atom stereocenters. The van der Waals surface area contributed by atoms with Crippen LogP contribution in [0.15, 0.2) is 30.5 Å². The molecule has 1 aliphatic rings. The number of ether oxygens (including phenoxy) is 1. The quantitative estimate of drug-likeness (QED) is 0.934. The lowest BCUT2D eigenvalue weighted by atomic mass is 10.0. The monoisotopic (exact) mass is 329 g/mol. The minimum atomic E-state index is -0.859. The maximum Gasteiger partial charge on any atom is 0.325 e. The van der Waals surface area contributed by atoms with Crippen LogP contribution in [0.1, 0.15) is 42.8 Å². The van der Waals surface area contributed by atoms with E-state index in [1.165, 1.54) is 0 Å². The SMILES string of the molecule is Cc1nn(C(C)C)cc1CN1CCOc2ccccc2C1C(=O)O. The highest BCUT2D eigenvalue weighted by atomic mass is 16.5. The fourth-order valence-electron chi connectivity index (χ4n) is 3.05. The van der Waals surface area contributed by atoms with Gasteiger partial charge in [-0.05, 0) is 26.8 Å². The summed E-state index contributed by atoms with van der Waals surface area (Å²) in [5.74, 6) is -0.205. The normalized spacial score (nSPS) is 18.1. The Hall–Kier alpha value is -2.34. The summed E-state index contributed by atoms with van der Waals surface area (Å²) in [5, 5.41) is 14.3. The van der Waals surface area contributed by atoms with Gasteiger partial charge in [-0.15, -0.1) is 0 Å². The lowest BCUT2D eigenvalue weighted by molar-refractivity contribution is -0.143. The lowest BCUT2D eigenvalue weighted by Gasteiger charge is -2.26. The highest BCUT2D eigenvalue weighted by Crippen LogP contribution is 2.33. The Morgan fingerprint density at radius 1 is 1.42 bits per heavy atom. The molecule has 0 aliphatic carbocycles. The third-order valence-electron chi connectivity index (χ3n) is 4.37. The Balaban J connectivity index is 1.93. The second-order valence-corrected chi connectivity index (χ2v) is 6.41. The molecule has 6 heteroatoms. The van der Waals surface area contributed by atoms with Crippen LogP contribution in [0.3, 0.4) is 0 Å². The highest BCUT2D eigenvalue weighted by molar-refractivity contribution is 5.77. The summed E-state index contributed by atoms with van der Waals surface area (Å²) in [7, 11) is 0. The fourth-order valence-corrected chi connectivity index (χ4v) is 3.05. The van der Waals surface area contributed by atoms with Gasteiger partial charge >= 0.3 is 5.97 Å². The van der Waals surface area contributed by atoms with Crippen molar-refractivity contribution in [3.63, 3.8) is 0 Å². The molecule has 2 aromatic rings. The Bertz CT molecular complexity index is 739. The van der Waals surface area contributed by atoms with Crippen molar-refractivity contribution in [1.29, 1.82) is 0 Å². The van der Waals surface area contributed by atoms with E-state index < -0.39 is 12.0 Å². The molecule has 1 aromatic heterocycles. The number of carboxylic acids is 1. The first kappa shape index (κ1) is 16.5. The molecule has 0 radical (unpaired) electrons. The number of nitrogens with zero attached hydrogens (tertiary/aromatic N) is 3. The molecule has 1 aliphatic heterocycles. The molecule has 0 fully saturated rings. The van der Waals surface area contributed by atoms with Gasteiger partial charge in [-0.25, -0.2) is 0 Å². The Morgan fingerprint density at radius 3 is 2.83 bits per heavy atom. The van der Waals surface area contributed by atoms with E-state index in [1.807, 2.05) is 47.0 Å². The van der Waals surface area contributed by atoms with E-state index in [0.717, 1.165) is 11.3 Å². The minimum Gasteiger partial charge on any atom is -0.492 e. The molecule has 1 aromatic carbocycles. The summed E-state index contributed by atoms with van der Waals surface area (Å²) in [6.45, 7) is 7.67. The molecular weight excluding hydrogens is 306 g/mol. The van der Waals surface area contributed by atoms with Gasteiger partial charge in [0, 0.05) is 36.5 Å². The highest BCUT2D eigenvalue weighted by Gasteiger charge is 2.32. The van der Waals surface area contributed by atoms with Gasteiger partial charge in [0.2, 0.25) is 0 Å². The van der Waals surface area contributed by atoms with Crippen LogP contribution in [-0.2, 0) is 11.3 Å². The number of carboxylic acid groups (broad SMARTS) is 1. The van der Waals surface area contributed by atoms with Gasteiger partial charge in [-0.1, -0.05) is 18.2 Å². The maximum absolute atomic E-state index is 12.0. The largest absolute Gasteiger partial charge is 0.492 e. The Labute approximate surface area is 141 Å². The van der Waals surface area contributed by atoms with Crippen LogP contribution in [0.25, 0.3) is 0 Å². The van der Waals surface area contributed by atoms with Crippen molar-refractivity contribution in [1.82, 2.24) is 14.7 Å². The van der Waals surface area contributed by atoms with Crippen LogP contribution in [0, 0.1) is 6.92 Å². The number of benzene rings is 1. The summed E-state index contributed by atoms with van der Waals surface area (Å²) in [5.41, 5.74) is 2.69.